The number of ether oxygens (including phenoxy) is 2. The van der Waals surface area contributed by atoms with Crippen molar-refractivity contribution in [2.75, 3.05) is 37.4 Å². The van der Waals surface area contributed by atoms with Gasteiger partial charge in [0, 0.05) is 18.3 Å². The molecule has 2 N–H and O–H groups in total. The number of nitrogens with zero attached hydrogens (tertiary/aromatic N) is 1. The van der Waals surface area contributed by atoms with Gasteiger partial charge in [0.1, 0.15) is 11.4 Å². The van der Waals surface area contributed by atoms with Crippen molar-refractivity contribution in [3.8, 4) is 5.75 Å². The molecule has 1 aromatic rings. The summed E-state index contributed by atoms with van der Waals surface area (Å²) < 4.78 is 10.7. The minimum Gasteiger partial charge on any atom is -0.495 e. The Morgan fingerprint density at radius 1 is 1.24 bits per heavy atom. The number of hydrogen-bond acceptors (Lipinski definition) is 5. The second kappa shape index (κ2) is 7.12. The minimum absolute atomic E-state index is 0.463. The van der Waals surface area contributed by atoms with Crippen molar-refractivity contribution < 1.29 is 14.3 Å². The van der Waals surface area contributed by atoms with Crippen LogP contribution in [0, 0.1) is 5.92 Å². The van der Waals surface area contributed by atoms with Crippen LogP contribution in [0.15, 0.2) is 18.2 Å². The van der Waals surface area contributed by atoms with E-state index in [4.69, 9.17) is 9.47 Å². The van der Waals surface area contributed by atoms with Crippen LogP contribution in [0.5, 0.6) is 5.75 Å². The minimum atomic E-state index is -0.539. The van der Waals surface area contributed by atoms with Gasteiger partial charge in [-0.15, -0.1) is 0 Å². The Kier molecular flexibility index (Phi) is 5.08. The van der Waals surface area contributed by atoms with E-state index < -0.39 is 11.7 Å². The number of anilines is 2. The molecule has 0 saturated carbocycles. The zero-order chi connectivity index (χ0) is 18.0. The van der Waals surface area contributed by atoms with Crippen LogP contribution in [-0.4, -0.2) is 49.4 Å². The number of nitrogens with one attached hydrogen (secondary N) is 2. The number of hydrogen-bond donors (Lipinski definition) is 2. The molecule has 0 spiro atoms. The summed E-state index contributed by atoms with van der Waals surface area (Å²) in [6.07, 6.45) is 2.04. The Labute approximate surface area is 149 Å². The van der Waals surface area contributed by atoms with Crippen molar-refractivity contribution in [1.29, 1.82) is 0 Å². The summed E-state index contributed by atoms with van der Waals surface area (Å²) in [7, 11) is 1.59. The quantitative estimate of drug-likeness (QED) is 0.872. The maximum Gasteiger partial charge on any atom is 0.412 e. The number of amides is 1. The molecule has 3 aliphatic rings. The monoisotopic (exact) mass is 347 g/mol. The van der Waals surface area contributed by atoms with Gasteiger partial charge < -0.3 is 19.7 Å². The molecule has 0 aliphatic carbocycles. The van der Waals surface area contributed by atoms with E-state index in [1.54, 1.807) is 7.11 Å². The predicted octanol–water partition coefficient (Wildman–Crippen LogP) is 3.55. The van der Waals surface area contributed by atoms with Crippen LogP contribution < -0.4 is 15.4 Å². The smallest absolute Gasteiger partial charge is 0.412 e. The molecule has 1 unspecified atom stereocenters. The molecule has 3 heterocycles. The fourth-order valence-corrected chi connectivity index (χ4v) is 3.65. The van der Waals surface area contributed by atoms with Gasteiger partial charge in [-0.2, -0.15) is 0 Å². The summed E-state index contributed by atoms with van der Waals surface area (Å²) >= 11 is 0. The summed E-state index contributed by atoms with van der Waals surface area (Å²) in [6, 6.07) is 6.25. The Bertz CT molecular complexity index is 619. The Balaban J connectivity index is 1.70. The third kappa shape index (κ3) is 4.57. The summed E-state index contributed by atoms with van der Waals surface area (Å²) in [4.78, 5) is 14.6. The van der Waals surface area contributed by atoms with Crippen LogP contribution in [0.2, 0.25) is 0 Å². The maximum atomic E-state index is 12.1. The molecule has 1 aromatic carbocycles. The van der Waals surface area contributed by atoms with Crippen molar-refractivity contribution in [3.63, 3.8) is 0 Å². The number of benzene rings is 1. The van der Waals surface area contributed by atoms with Crippen molar-refractivity contribution >= 4 is 17.5 Å². The number of carbonyl (C=O) groups is 1. The second-order valence-electron chi connectivity index (χ2n) is 7.93. The Morgan fingerprint density at radius 2 is 1.96 bits per heavy atom. The molecule has 2 bridgehead atoms. The van der Waals surface area contributed by atoms with E-state index in [1.165, 1.54) is 25.9 Å². The van der Waals surface area contributed by atoms with Gasteiger partial charge >= 0.3 is 6.09 Å². The Hall–Kier alpha value is -1.95. The zero-order valence-electron chi connectivity index (χ0n) is 15.6. The van der Waals surface area contributed by atoms with Crippen molar-refractivity contribution in [2.45, 2.75) is 45.3 Å². The van der Waals surface area contributed by atoms with Crippen molar-refractivity contribution in [3.05, 3.63) is 18.2 Å². The molecule has 1 atom stereocenters. The first-order chi connectivity index (χ1) is 11.8. The lowest BCUT2D eigenvalue weighted by atomic mass is 9.84. The average molecular weight is 347 g/mol. The van der Waals surface area contributed by atoms with Gasteiger partial charge in [-0.25, -0.2) is 4.79 Å². The zero-order valence-corrected chi connectivity index (χ0v) is 15.6. The second-order valence-corrected chi connectivity index (χ2v) is 7.93. The molecular formula is C19H29N3O3. The Morgan fingerprint density at radius 3 is 2.52 bits per heavy atom. The largest absolute Gasteiger partial charge is 0.495 e. The van der Waals surface area contributed by atoms with E-state index in [2.05, 4.69) is 15.5 Å². The lowest BCUT2D eigenvalue weighted by Gasteiger charge is -2.45. The lowest BCUT2D eigenvalue weighted by molar-refractivity contribution is 0.0635. The topological polar surface area (TPSA) is 62.8 Å². The molecule has 1 amide bonds. The standard InChI is InChI=1S/C19H29N3O3/c1-19(2,3)25-18(23)21-15-11-14(5-6-17(15)24-4)20-16-12-22-9-7-13(16)8-10-22/h5-6,11,13,16,20H,7-10,12H2,1-4H3,(H,21,23). The van der Waals surface area contributed by atoms with Gasteiger partial charge in [0.25, 0.3) is 0 Å². The van der Waals surface area contributed by atoms with E-state index in [0.29, 0.717) is 17.5 Å². The van der Waals surface area contributed by atoms with Gasteiger partial charge in [0.05, 0.1) is 12.8 Å². The first-order valence-electron chi connectivity index (χ1n) is 9.01. The van der Waals surface area contributed by atoms with E-state index in [1.807, 2.05) is 39.0 Å². The van der Waals surface area contributed by atoms with E-state index in [-0.39, 0.29) is 0 Å². The normalized spacial score (nSPS) is 25.4. The SMILES string of the molecule is COc1ccc(NC2CN3CCC2CC3)cc1NC(=O)OC(C)(C)C. The highest BCUT2D eigenvalue weighted by Crippen LogP contribution is 2.32. The number of piperidine rings is 3. The molecule has 3 aliphatic heterocycles. The molecule has 0 radical (unpaired) electrons. The van der Waals surface area contributed by atoms with E-state index >= 15 is 0 Å². The van der Waals surface area contributed by atoms with Crippen LogP contribution in [0.4, 0.5) is 16.2 Å². The van der Waals surface area contributed by atoms with Crippen molar-refractivity contribution in [2.24, 2.45) is 5.92 Å². The number of methoxy groups -OCH3 is 1. The molecule has 0 aromatic heterocycles. The van der Waals surface area contributed by atoms with Crippen LogP contribution in [-0.2, 0) is 4.74 Å². The van der Waals surface area contributed by atoms with E-state index in [0.717, 1.165) is 18.2 Å². The summed E-state index contributed by atoms with van der Waals surface area (Å²) in [5.41, 5.74) is 1.07. The van der Waals surface area contributed by atoms with Gasteiger partial charge in [0.2, 0.25) is 0 Å². The first-order valence-corrected chi connectivity index (χ1v) is 9.01. The fraction of sp³-hybridized carbons (Fsp3) is 0.632. The molecular weight excluding hydrogens is 318 g/mol. The summed E-state index contributed by atoms with van der Waals surface area (Å²) in [6.45, 7) is 9.05. The van der Waals surface area contributed by atoms with Crippen LogP contribution in [0.1, 0.15) is 33.6 Å². The summed E-state index contributed by atoms with van der Waals surface area (Å²) in [5.74, 6) is 1.35. The average Bonchev–Trinajstić information content (AvgIpc) is 2.54. The number of carbonyl (C=O) groups excluding carboxylic acids is 1. The summed E-state index contributed by atoms with van der Waals surface area (Å²) in [5, 5.41) is 6.43. The molecule has 6 heteroatoms. The van der Waals surface area contributed by atoms with Gasteiger partial charge in [0.15, 0.2) is 0 Å². The van der Waals surface area contributed by atoms with Gasteiger partial charge in [-0.05, 0) is 70.8 Å². The lowest BCUT2D eigenvalue weighted by Crippen LogP contribution is -2.53. The molecule has 25 heavy (non-hydrogen) atoms. The third-order valence-corrected chi connectivity index (χ3v) is 4.84. The predicted molar refractivity (Wildman–Crippen MR) is 99.4 cm³/mol. The molecule has 138 valence electrons. The van der Waals surface area contributed by atoms with Gasteiger partial charge in [-0.3, -0.25) is 5.32 Å². The number of rotatable bonds is 4. The van der Waals surface area contributed by atoms with E-state index in [9.17, 15) is 4.79 Å². The highest BCUT2D eigenvalue weighted by Gasteiger charge is 2.34. The van der Waals surface area contributed by atoms with Crippen LogP contribution in [0.25, 0.3) is 0 Å². The molecule has 4 rings (SSSR count). The highest BCUT2D eigenvalue weighted by molar-refractivity contribution is 5.88. The third-order valence-electron chi connectivity index (χ3n) is 4.84. The molecule has 6 nitrogen and oxygen atoms in total. The van der Waals surface area contributed by atoms with Crippen molar-refractivity contribution in [1.82, 2.24) is 4.90 Å². The van der Waals surface area contributed by atoms with Crippen LogP contribution >= 0.6 is 0 Å². The fourth-order valence-electron chi connectivity index (χ4n) is 3.65. The highest BCUT2D eigenvalue weighted by atomic mass is 16.6. The number of fused-ring (bicyclic) bond motifs is 3. The molecule has 3 fully saturated rings. The molecule has 3 saturated heterocycles. The maximum absolute atomic E-state index is 12.1. The van der Waals surface area contributed by atoms with Gasteiger partial charge in [-0.1, -0.05) is 0 Å². The first kappa shape index (κ1) is 17.9. The van der Waals surface area contributed by atoms with Crippen LogP contribution in [0.3, 0.4) is 0 Å².